The van der Waals surface area contributed by atoms with Crippen LogP contribution in [0.25, 0.3) is 11.1 Å². The molecule has 1 aromatic carbocycles. The molecule has 0 spiro atoms. The first-order valence-corrected chi connectivity index (χ1v) is 5.74. The molecule has 3 heteroatoms. The van der Waals surface area contributed by atoms with Gasteiger partial charge in [0.2, 0.25) is 0 Å². The van der Waals surface area contributed by atoms with Crippen LogP contribution in [0.15, 0.2) is 36.7 Å². The second kappa shape index (κ2) is 3.93. The van der Waals surface area contributed by atoms with Crippen LogP contribution < -0.4 is 5.73 Å². The molecule has 1 atom stereocenters. The van der Waals surface area contributed by atoms with Crippen molar-refractivity contribution in [2.45, 2.75) is 18.9 Å². The van der Waals surface area contributed by atoms with Crippen LogP contribution in [-0.2, 0) is 6.42 Å². The number of fused-ring (bicyclic) bond motifs is 1. The average Bonchev–Trinajstić information content (AvgIpc) is 2.71. The van der Waals surface area contributed by atoms with E-state index in [1.165, 1.54) is 17.3 Å². The quantitative estimate of drug-likeness (QED) is 0.815. The lowest BCUT2D eigenvalue weighted by atomic mass is 10.0. The Bertz CT molecular complexity index is 566. The molecule has 0 aliphatic heterocycles. The van der Waals surface area contributed by atoms with Gasteiger partial charge in [0.1, 0.15) is 5.82 Å². The highest BCUT2D eigenvalue weighted by Crippen LogP contribution is 2.33. The van der Waals surface area contributed by atoms with Crippen molar-refractivity contribution in [3.8, 4) is 11.1 Å². The molecule has 0 bridgehead atoms. The van der Waals surface area contributed by atoms with E-state index < -0.39 is 0 Å². The monoisotopic (exact) mass is 228 g/mol. The molecule has 1 aliphatic carbocycles. The Hall–Kier alpha value is -1.74. The topological polar surface area (TPSA) is 38.9 Å². The van der Waals surface area contributed by atoms with E-state index in [0.717, 1.165) is 18.4 Å². The van der Waals surface area contributed by atoms with Gasteiger partial charge in [-0.25, -0.2) is 4.39 Å². The summed E-state index contributed by atoms with van der Waals surface area (Å²) in [5, 5.41) is 0. The molecule has 1 heterocycles. The Kier molecular flexibility index (Phi) is 2.41. The molecule has 1 aliphatic rings. The van der Waals surface area contributed by atoms with Gasteiger partial charge in [0.25, 0.3) is 0 Å². The maximum Gasteiger partial charge on any atom is 0.149 e. The summed E-state index contributed by atoms with van der Waals surface area (Å²) < 4.78 is 13.6. The van der Waals surface area contributed by atoms with Crippen molar-refractivity contribution in [3.05, 3.63) is 53.6 Å². The molecule has 86 valence electrons. The minimum Gasteiger partial charge on any atom is -0.324 e. The van der Waals surface area contributed by atoms with Crippen LogP contribution in [0.3, 0.4) is 0 Å². The van der Waals surface area contributed by atoms with Gasteiger partial charge in [-0.3, -0.25) is 4.98 Å². The van der Waals surface area contributed by atoms with Crippen molar-refractivity contribution in [2.75, 3.05) is 0 Å². The van der Waals surface area contributed by atoms with Crippen molar-refractivity contribution in [2.24, 2.45) is 5.73 Å². The van der Waals surface area contributed by atoms with Crippen LogP contribution in [0.4, 0.5) is 4.39 Å². The van der Waals surface area contributed by atoms with E-state index in [9.17, 15) is 4.39 Å². The summed E-state index contributed by atoms with van der Waals surface area (Å²) in [7, 11) is 0. The number of aryl methyl sites for hydroxylation is 1. The van der Waals surface area contributed by atoms with Crippen molar-refractivity contribution >= 4 is 0 Å². The highest BCUT2D eigenvalue weighted by molar-refractivity contribution is 5.65. The van der Waals surface area contributed by atoms with Crippen LogP contribution in [0.1, 0.15) is 23.6 Å². The molecule has 0 saturated carbocycles. The van der Waals surface area contributed by atoms with E-state index >= 15 is 0 Å². The number of hydrogen-bond donors (Lipinski definition) is 1. The van der Waals surface area contributed by atoms with Gasteiger partial charge in [-0.2, -0.15) is 0 Å². The minimum absolute atomic E-state index is 0.140. The molecular formula is C14H13FN2. The SMILES string of the molecule is NC1CCc2cc(-c3ccncc3F)ccc21. The molecule has 2 aromatic rings. The van der Waals surface area contributed by atoms with E-state index in [4.69, 9.17) is 5.73 Å². The molecule has 2 N–H and O–H groups in total. The van der Waals surface area contributed by atoms with E-state index in [1.807, 2.05) is 18.2 Å². The lowest BCUT2D eigenvalue weighted by molar-refractivity contribution is 0.625. The smallest absolute Gasteiger partial charge is 0.149 e. The summed E-state index contributed by atoms with van der Waals surface area (Å²) in [6.45, 7) is 0. The number of rotatable bonds is 1. The summed E-state index contributed by atoms with van der Waals surface area (Å²) in [5.74, 6) is -0.283. The third-order valence-corrected chi connectivity index (χ3v) is 3.35. The minimum atomic E-state index is -0.283. The number of nitrogens with two attached hydrogens (primary N) is 1. The molecule has 3 rings (SSSR count). The maximum atomic E-state index is 13.6. The Labute approximate surface area is 99.3 Å². The van der Waals surface area contributed by atoms with Crippen molar-refractivity contribution in [1.82, 2.24) is 4.98 Å². The number of hydrogen-bond acceptors (Lipinski definition) is 2. The molecule has 1 unspecified atom stereocenters. The largest absolute Gasteiger partial charge is 0.324 e. The van der Waals surface area contributed by atoms with Gasteiger partial charge in [0.15, 0.2) is 0 Å². The normalized spacial score (nSPS) is 18.1. The summed E-state index contributed by atoms with van der Waals surface area (Å²) >= 11 is 0. The van der Waals surface area contributed by atoms with Gasteiger partial charge < -0.3 is 5.73 Å². The van der Waals surface area contributed by atoms with E-state index in [1.54, 1.807) is 12.3 Å². The number of nitrogens with zero attached hydrogens (tertiary/aromatic N) is 1. The third kappa shape index (κ3) is 1.72. The summed E-state index contributed by atoms with van der Waals surface area (Å²) in [4.78, 5) is 3.76. The van der Waals surface area contributed by atoms with Gasteiger partial charge in [-0.1, -0.05) is 18.2 Å². The Morgan fingerprint density at radius 3 is 3.00 bits per heavy atom. The van der Waals surface area contributed by atoms with Gasteiger partial charge in [0, 0.05) is 17.8 Å². The van der Waals surface area contributed by atoms with Gasteiger partial charge in [-0.05, 0) is 35.6 Å². The first kappa shape index (κ1) is 10.4. The van der Waals surface area contributed by atoms with Crippen molar-refractivity contribution < 1.29 is 4.39 Å². The molecule has 0 saturated heterocycles. The maximum absolute atomic E-state index is 13.6. The number of halogens is 1. The fourth-order valence-corrected chi connectivity index (χ4v) is 2.43. The number of aromatic nitrogens is 1. The zero-order chi connectivity index (χ0) is 11.8. The lowest BCUT2D eigenvalue weighted by Crippen LogP contribution is -2.04. The molecule has 1 aromatic heterocycles. The lowest BCUT2D eigenvalue weighted by Gasteiger charge is -2.07. The second-order valence-electron chi connectivity index (χ2n) is 4.41. The Morgan fingerprint density at radius 1 is 1.29 bits per heavy atom. The molecule has 0 radical (unpaired) electrons. The highest BCUT2D eigenvalue weighted by Gasteiger charge is 2.19. The van der Waals surface area contributed by atoms with Crippen LogP contribution in [0, 0.1) is 5.82 Å². The molecule has 0 amide bonds. The van der Waals surface area contributed by atoms with Gasteiger partial charge in [0.05, 0.1) is 6.20 Å². The first-order valence-electron chi connectivity index (χ1n) is 5.74. The summed E-state index contributed by atoms with van der Waals surface area (Å²) in [5.41, 5.74) is 9.92. The first-order chi connectivity index (χ1) is 8.25. The van der Waals surface area contributed by atoms with E-state index in [2.05, 4.69) is 4.98 Å². The highest BCUT2D eigenvalue weighted by atomic mass is 19.1. The zero-order valence-corrected chi connectivity index (χ0v) is 9.36. The predicted molar refractivity (Wildman–Crippen MR) is 64.9 cm³/mol. The van der Waals surface area contributed by atoms with Gasteiger partial charge in [-0.15, -0.1) is 0 Å². The molecule has 0 fully saturated rings. The summed E-state index contributed by atoms with van der Waals surface area (Å²) in [6.07, 6.45) is 4.82. The molecule has 2 nitrogen and oxygen atoms in total. The number of benzene rings is 1. The van der Waals surface area contributed by atoms with E-state index in [-0.39, 0.29) is 11.9 Å². The summed E-state index contributed by atoms with van der Waals surface area (Å²) in [6, 6.07) is 7.83. The third-order valence-electron chi connectivity index (χ3n) is 3.35. The van der Waals surface area contributed by atoms with Crippen molar-refractivity contribution in [1.29, 1.82) is 0 Å². The predicted octanol–water partition coefficient (Wildman–Crippen LogP) is 2.83. The average molecular weight is 228 g/mol. The standard InChI is InChI=1S/C14H13FN2/c15-13-8-17-6-5-11(13)9-1-3-12-10(7-9)2-4-14(12)16/h1,3,5-8,14H,2,4,16H2. The zero-order valence-electron chi connectivity index (χ0n) is 9.36. The second-order valence-corrected chi connectivity index (χ2v) is 4.41. The van der Waals surface area contributed by atoms with Crippen molar-refractivity contribution in [3.63, 3.8) is 0 Å². The molecule has 17 heavy (non-hydrogen) atoms. The van der Waals surface area contributed by atoms with E-state index in [0.29, 0.717) is 5.56 Å². The van der Waals surface area contributed by atoms with Crippen LogP contribution in [0.2, 0.25) is 0 Å². The Balaban J connectivity index is 2.09. The fourth-order valence-electron chi connectivity index (χ4n) is 2.43. The van der Waals surface area contributed by atoms with Gasteiger partial charge >= 0.3 is 0 Å². The fraction of sp³-hybridized carbons (Fsp3) is 0.214. The van der Waals surface area contributed by atoms with Crippen LogP contribution >= 0.6 is 0 Å². The molecular weight excluding hydrogens is 215 g/mol. The number of pyridine rings is 1. The van der Waals surface area contributed by atoms with Crippen LogP contribution in [-0.4, -0.2) is 4.98 Å². The van der Waals surface area contributed by atoms with Crippen LogP contribution in [0.5, 0.6) is 0 Å². The Morgan fingerprint density at radius 2 is 2.18 bits per heavy atom.